The number of carbonyl (C=O) groups excluding carboxylic acids is 1. The molecule has 1 heterocycles. The van der Waals surface area contributed by atoms with Crippen LogP contribution in [-0.4, -0.2) is 30.2 Å². The molecule has 0 amide bonds. The second kappa shape index (κ2) is 8.55. The summed E-state index contributed by atoms with van der Waals surface area (Å²) in [5, 5.41) is 0.478. The minimum absolute atomic E-state index is 0. The highest BCUT2D eigenvalue weighted by atomic mass is 35.5. The second-order valence-electron chi connectivity index (χ2n) is 3.70. The van der Waals surface area contributed by atoms with E-state index < -0.39 is 18.1 Å². The van der Waals surface area contributed by atoms with Crippen molar-refractivity contribution < 1.29 is 14.3 Å². The van der Waals surface area contributed by atoms with E-state index in [0.717, 1.165) is 0 Å². The lowest BCUT2D eigenvalue weighted by molar-refractivity contribution is -0.149. The summed E-state index contributed by atoms with van der Waals surface area (Å²) < 4.78 is 9.98. The second-order valence-corrected chi connectivity index (χ2v) is 4.47. The molecule has 19 heavy (non-hydrogen) atoms. The topological polar surface area (TPSA) is 74.4 Å². The summed E-state index contributed by atoms with van der Waals surface area (Å²) in [7, 11) is 1.47. The van der Waals surface area contributed by atoms with E-state index in [0.29, 0.717) is 5.56 Å². The molecule has 0 aliphatic rings. The molecule has 0 aliphatic heterocycles. The molecule has 2 N–H and O–H groups in total. The van der Waals surface area contributed by atoms with Crippen LogP contribution in [-0.2, 0) is 20.9 Å². The average Bonchev–Trinajstić information content (AvgIpc) is 2.32. The summed E-state index contributed by atoms with van der Waals surface area (Å²) in [5.74, 6) is -0.548. The number of esters is 1. The maximum atomic E-state index is 11.6. The highest BCUT2D eigenvalue weighted by Gasteiger charge is 2.22. The molecule has 0 bridgehead atoms. The monoisotopic (exact) mass is 328 g/mol. The van der Waals surface area contributed by atoms with E-state index in [1.165, 1.54) is 7.11 Å². The molecule has 0 aliphatic carbocycles. The van der Waals surface area contributed by atoms with Gasteiger partial charge in [0.15, 0.2) is 0 Å². The van der Waals surface area contributed by atoms with Gasteiger partial charge in [0.25, 0.3) is 0 Å². The zero-order valence-corrected chi connectivity index (χ0v) is 12.8. The Bertz CT molecular complexity index is 411. The van der Waals surface area contributed by atoms with E-state index in [9.17, 15) is 4.79 Å². The summed E-state index contributed by atoms with van der Waals surface area (Å²) in [6.07, 6.45) is -0.415. The maximum Gasteiger partial charge on any atom is 0.325 e. The molecule has 1 aromatic rings. The first-order chi connectivity index (χ1) is 8.43. The van der Waals surface area contributed by atoms with E-state index in [2.05, 4.69) is 4.98 Å². The van der Waals surface area contributed by atoms with Crippen molar-refractivity contribution in [1.82, 2.24) is 4.98 Å². The fraction of sp³-hybridized carbons (Fsp3) is 0.455. The van der Waals surface area contributed by atoms with Crippen molar-refractivity contribution in [3.63, 3.8) is 0 Å². The third-order valence-corrected chi connectivity index (χ3v) is 2.74. The highest BCUT2D eigenvalue weighted by Crippen LogP contribution is 2.15. The van der Waals surface area contributed by atoms with Gasteiger partial charge in [-0.25, -0.2) is 4.98 Å². The zero-order valence-electron chi connectivity index (χ0n) is 10.4. The first kappa shape index (κ1) is 18.4. The van der Waals surface area contributed by atoms with Gasteiger partial charge in [0.05, 0.1) is 6.10 Å². The van der Waals surface area contributed by atoms with E-state index in [1.807, 2.05) is 0 Å². The lowest BCUT2D eigenvalue weighted by Gasteiger charge is -2.17. The molecule has 1 rings (SSSR count). The number of hydrogen-bond acceptors (Lipinski definition) is 5. The molecular weight excluding hydrogens is 314 g/mol. The predicted octanol–water partition coefficient (Wildman–Crippen LogP) is 2.22. The van der Waals surface area contributed by atoms with Gasteiger partial charge < -0.3 is 15.2 Å². The molecule has 0 fully saturated rings. The third-order valence-electron chi connectivity index (χ3n) is 2.35. The minimum Gasteiger partial charge on any atom is -0.460 e. The van der Waals surface area contributed by atoms with Crippen molar-refractivity contribution in [3.8, 4) is 0 Å². The minimum atomic E-state index is -0.831. The van der Waals surface area contributed by atoms with E-state index in [4.69, 9.17) is 38.4 Å². The van der Waals surface area contributed by atoms with Crippen molar-refractivity contribution in [3.05, 3.63) is 28.0 Å². The van der Waals surface area contributed by atoms with Crippen molar-refractivity contribution in [2.45, 2.75) is 25.7 Å². The number of carbonyl (C=O) groups is 1. The summed E-state index contributed by atoms with van der Waals surface area (Å²) in [6, 6.07) is 2.29. The molecule has 0 aromatic carbocycles. The Labute approximate surface area is 127 Å². The van der Waals surface area contributed by atoms with E-state index in [1.54, 1.807) is 19.1 Å². The number of ether oxygens (including phenoxy) is 2. The lowest BCUT2D eigenvalue weighted by atomic mass is 10.2. The fourth-order valence-corrected chi connectivity index (χ4v) is 1.69. The molecule has 0 saturated heterocycles. The van der Waals surface area contributed by atoms with Gasteiger partial charge in [0, 0.05) is 7.11 Å². The summed E-state index contributed by atoms with van der Waals surface area (Å²) in [4.78, 5) is 15.4. The number of aromatic nitrogens is 1. The van der Waals surface area contributed by atoms with Gasteiger partial charge >= 0.3 is 5.97 Å². The highest BCUT2D eigenvalue weighted by molar-refractivity contribution is 6.32. The summed E-state index contributed by atoms with van der Waals surface area (Å²) in [5.41, 5.74) is 6.28. The SMILES string of the molecule is CO[C@@H](C)[C@H](N)C(=O)OCc1cc(Cl)nc(Cl)c1.Cl. The number of nitrogens with two attached hydrogens (primary N) is 1. The fourth-order valence-electron chi connectivity index (χ4n) is 1.19. The molecule has 0 unspecified atom stereocenters. The van der Waals surface area contributed by atoms with Gasteiger partial charge in [-0.1, -0.05) is 23.2 Å². The number of halogens is 3. The van der Waals surface area contributed by atoms with Gasteiger partial charge in [-0.05, 0) is 24.6 Å². The van der Waals surface area contributed by atoms with E-state index >= 15 is 0 Å². The molecular formula is C11H15Cl3N2O3. The number of rotatable bonds is 5. The van der Waals surface area contributed by atoms with Gasteiger partial charge in [0.1, 0.15) is 23.0 Å². The first-order valence-corrected chi connectivity index (χ1v) is 5.96. The van der Waals surface area contributed by atoms with Crippen molar-refractivity contribution in [1.29, 1.82) is 0 Å². The Morgan fingerprint density at radius 3 is 2.42 bits per heavy atom. The Hall–Kier alpha value is -0.590. The Morgan fingerprint density at radius 1 is 1.42 bits per heavy atom. The van der Waals surface area contributed by atoms with Gasteiger partial charge in [0.2, 0.25) is 0 Å². The quantitative estimate of drug-likeness (QED) is 0.662. The Morgan fingerprint density at radius 2 is 1.95 bits per heavy atom. The predicted molar refractivity (Wildman–Crippen MR) is 75.7 cm³/mol. The van der Waals surface area contributed by atoms with Crippen LogP contribution < -0.4 is 5.73 Å². The number of nitrogens with zero attached hydrogens (tertiary/aromatic N) is 1. The van der Waals surface area contributed by atoms with Crippen LogP contribution in [0.3, 0.4) is 0 Å². The van der Waals surface area contributed by atoms with Gasteiger partial charge in [-0.3, -0.25) is 4.79 Å². The van der Waals surface area contributed by atoms with Crippen LogP contribution in [0.15, 0.2) is 12.1 Å². The molecule has 8 heteroatoms. The summed E-state index contributed by atoms with van der Waals surface area (Å²) in [6.45, 7) is 1.72. The number of pyridine rings is 1. The van der Waals surface area contributed by atoms with Crippen LogP contribution in [0.1, 0.15) is 12.5 Å². The molecule has 1 aromatic heterocycles. The molecule has 0 spiro atoms. The number of hydrogen-bond donors (Lipinski definition) is 1. The normalized spacial score (nSPS) is 13.3. The Balaban J connectivity index is 0.00000324. The van der Waals surface area contributed by atoms with Crippen LogP contribution in [0, 0.1) is 0 Å². The smallest absolute Gasteiger partial charge is 0.325 e. The number of methoxy groups -OCH3 is 1. The molecule has 108 valence electrons. The van der Waals surface area contributed by atoms with Crippen molar-refractivity contribution in [2.24, 2.45) is 5.73 Å². The van der Waals surface area contributed by atoms with Crippen LogP contribution in [0.5, 0.6) is 0 Å². The van der Waals surface area contributed by atoms with Crippen LogP contribution in [0.25, 0.3) is 0 Å². The molecule has 5 nitrogen and oxygen atoms in total. The van der Waals surface area contributed by atoms with Crippen molar-refractivity contribution >= 4 is 41.6 Å². The standard InChI is InChI=1S/C11H14Cl2N2O3.ClH/c1-6(17-2)10(14)11(16)18-5-7-3-8(12)15-9(13)4-7;/h3-4,6,10H,5,14H2,1-2H3;1H/t6-,10-;/m0./s1. The molecule has 2 atom stereocenters. The Kier molecular flexibility index (Phi) is 8.29. The molecule has 0 saturated carbocycles. The lowest BCUT2D eigenvalue weighted by Crippen LogP contribution is -2.42. The molecule has 0 radical (unpaired) electrons. The first-order valence-electron chi connectivity index (χ1n) is 5.21. The third kappa shape index (κ3) is 5.93. The van der Waals surface area contributed by atoms with Gasteiger partial charge in [-0.2, -0.15) is 0 Å². The van der Waals surface area contributed by atoms with Crippen LogP contribution in [0.4, 0.5) is 0 Å². The largest absolute Gasteiger partial charge is 0.460 e. The van der Waals surface area contributed by atoms with Gasteiger partial charge in [-0.15, -0.1) is 12.4 Å². The average molecular weight is 330 g/mol. The zero-order chi connectivity index (χ0) is 13.7. The summed E-state index contributed by atoms with van der Waals surface area (Å²) >= 11 is 11.4. The van der Waals surface area contributed by atoms with Crippen molar-refractivity contribution in [2.75, 3.05) is 7.11 Å². The van der Waals surface area contributed by atoms with Crippen LogP contribution >= 0.6 is 35.6 Å². The van der Waals surface area contributed by atoms with E-state index in [-0.39, 0.29) is 29.3 Å². The maximum absolute atomic E-state index is 11.6. The van der Waals surface area contributed by atoms with Crippen LogP contribution in [0.2, 0.25) is 10.3 Å².